The number of benzene rings is 1. The number of amidine groups is 1. The van der Waals surface area contributed by atoms with Crippen molar-refractivity contribution in [2.75, 3.05) is 0 Å². The van der Waals surface area contributed by atoms with Crippen molar-refractivity contribution in [3.63, 3.8) is 0 Å². The monoisotopic (exact) mass is 361 g/mol. The van der Waals surface area contributed by atoms with Crippen LogP contribution in [0, 0.1) is 0 Å². The highest BCUT2D eigenvalue weighted by molar-refractivity contribution is 8.14. The third-order valence-electron chi connectivity index (χ3n) is 3.98. The molecule has 1 aliphatic heterocycles. The molecule has 1 aromatic rings. The summed E-state index contributed by atoms with van der Waals surface area (Å²) in [6, 6.07) is 8.28. The summed E-state index contributed by atoms with van der Waals surface area (Å²) in [6.45, 7) is 8.24. The lowest BCUT2D eigenvalue weighted by Gasteiger charge is -2.21. The van der Waals surface area contributed by atoms with E-state index in [1.165, 1.54) is 22.3 Å². The Bertz CT molecular complexity index is 641. The van der Waals surface area contributed by atoms with Gasteiger partial charge < -0.3 is 5.32 Å². The highest BCUT2D eigenvalue weighted by Crippen LogP contribution is 2.39. The highest BCUT2D eigenvalue weighted by Gasteiger charge is 2.33. The number of thioether (sulfide) groups is 1. The fraction of sp³-hybridized carbons (Fsp3) is 0.526. The summed E-state index contributed by atoms with van der Waals surface area (Å²) in [6.07, 6.45) is 2.45. The van der Waals surface area contributed by atoms with Gasteiger partial charge in [-0.2, -0.15) is 0 Å². The summed E-state index contributed by atoms with van der Waals surface area (Å²) in [5, 5.41) is 8.98. The number of rotatable bonds is 6. The average Bonchev–Trinajstić information content (AvgIpc) is 2.99. The van der Waals surface area contributed by atoms with Crippen LogP contribution in [0.25, 0.3) is 0 Å². The molecule has 0 aromatic heterocycles. The van der Waals surface area contributed by atoms with Gasteiger partial charge in [0.05, 0.1) is 0 Å². The first-order valence-corrected chi connectivity index (χ1v) is 9.81. The fourth-order valence-electron chi connectivity index (χ4n) is 2.56. The molecular formula is C19H27N3O2S. The van der Waals surface area contributed by atoms with Gasteiger partial charge in [-0.15, -0.1) is 5.10 Å². The largest absolute Gasteiger partial charge is 0.304 e. The van der Waals surface area contributed by atoms with E-state index in [0.29, 0.717) is 23.9 Å². The summed E-state index contributed by atoms with van der Waals surface area (Å²) in [4.78, 5) is 24.3. The van der Waals surface area contributed by atoms with Gasteiger partial charge in [0.2, 0.25) is 11.8 Å². The van der Waals surface area contributed by atoms with Crippen LogP contribution in [0.1, 0.15) is 75.8 Å². The first-order valence-electron chi connectivity index (χ1n) is 8.93. The molecular weight excluding hydrogens is 334 g/mol. The molecule has 2 amide bonds. The van der Waals surface area contributed by atoms with Crippen molar-refractivity contribution in [3.8, 4) is 0 Å². The molecule has 1 aliphatic rings. The van der Waals surface area contributed by atoms with Gasteiger partial charge in [-0.3, -0.25) is 9.59 Å². The van der Waals surface area contributed by atoms with Gasteiger partial charge in [0.15, 0.2) is 5.17 Å². The number of nitrogens with one attached hydrogen (secondary N) is 1. The van der Waals surface area contributed by atoms with Gasteiger partial charge in [0.1, 0.15) is 5.37 Å². The Labute approximate surface area is 154 Å². The highest BCUT2D eigenvalue weighted by atomic mass is 32.2. The Morgan fingerprint density at radius 1 is 1.16 bits per heavy atom. The van der Waals surface area contributed by atoms with Crippen LogP contribution in [-0.2, 0) is 9.59 Å². The molecule has 136 valence electrons. The molecule has 1 N–H and O–H groups in total. The number of carbonyl (C=O) groups is 2. The van der Waals surface area contributed by atoms with E-state index in [0.717, 1.165) is 18.4 Å². The molecule has 0 spiro atoms. The minimum Gasteiger partial charge on any atom is -0.304 e. The maximum atomic E-state index is 12.5. The SMILES string of the molecule is CCCC(=O)NC1=NN(C(=O)CCC)C(c2ccc(C(C)C)cc2)S1. The molecule has 6 heteroatoms. The van der Waals surface area contributed by atoms with Gasteiger partial charge in [0, 0.05) is 12.8 Å². The third-order valence-corrected chi connectivity index (χ3v) is 5.08. The molecule has 0 fully saturated rings. The Balaban J connectivity index is 2.20. The van der Waals surface area contributed by atoms with Crippen molar-refractivity contribution in [2.45, 2.75) is 64.7 Å². The molecule has 0 bridgehead atoms. The van der Waals surface area contributed by atoms with Crippen LogP contribution in [0.3, 0.4) is 0 Å². The van der Waals surface area contributed by atoms with E-state index in [2.05, 4.69) is 36.4 Å². The molecule has 5 nitrogen and oxygen atoms in total. The second kappa shape index (κ2) is 9.04. The smallest absolute Gasteiger partial charge is 0.244 e. The van der Waals surface area contributed by atoms with E-state index < -0.39 is 0 Å². The molecule has 1 aromatic carbocycles. The predicted molar refractivity (Wildman–Crippen MR) is 103 cm³/mol. The van der Waals surface area contributed by atoms with E-state index in [1.54, 1.807) is 0 Å². The first kappa shape index (κ1) is 19.5. The van der Waals surface area contributed by atoms with E-state index in [1.807, 2.05) is 26.0 Å². The summed E-state index contributed by atoms with van der Waals surface area (Å²) in [7, 11) is 0. The molecule has 1 unspecified atom stereocenters. The van der Waals surface area contributed by atoms with Crippen LogP contribution in [0.4, 0.5) is 0 Å². The Kier molecular flexibility index (Phi) is 7.05. The van der Waals surface area contributed by atoms with Crippen molar-refractivity contribution in [1.82, 2.24) is 10.3 Å². The molecule has 1 atom stereocenters. The lowest BCUT2D eigenvalue weighted by Crippen LogP contribution is -2.27. The molecule has 1 heterocycles. The summed E-state index contributed by atoms with van der Waals surface area (Å²) in [5.41, 5.74) is 2.28. The molecule has 0 radical (unpaired) electrons. The Morgan fingerprint density at radius 2 is 1.80 bits per heavy atom. The van der Waals surface area contributed by atoms with Crippen molar-refractivity contribution >= 4 is 28.7 Å². The van der Waals surface area contributed by atoms with E-state index in [-0.39, 0.29) is 17.2 Å². The first-order chi connectivity index (χ1) is 12.0. The second-order valence-corrected chi connectivity index (χ2v) is 7.55. The van der Waals surface area contributed by atoms with Crippen molar-refractivity contribution in [3.05, 3.63) is 35.4 Å². The lowest BCUT2D eigenvalue weighted by molar-refractivity contribution is -0.132. The van der Waals surface area contributed by atoms with E-state index in [4.69, 9.17) is 0 Å². The number of amides is 2. The summed E-state index contributed by atoms with van der Waals surface area (Å²) in [5.74, 6) is 0.378. The van der Waals surface area contributed by atoms with Crippen molar-refractivity contribution in [2.24, 2.45) is 5.10 Å². The second-order valence-electron chi connectivity index (χ2n) is 6.48. The molecule has 0 saturated carbocycles. The maximum absolute atomic E-state index is 12.5. The zero-order valence-electron chi connectivity index (χ0n) is 15.4. The molecule has 25 heavy (non-hydrogen) atoms. The van der Waals surface area contributed by atoms with Gasteiger partial charge in [-0.1, -0.05) is 63.7 Å². The van der Waals surface area contributed by atoms with E-state index >= 15 is 0 Å². The predicted octanol–water partition coefficient (Wildman–Crippen LogP) is 4.37. The minimum atomic E-state index is -0.225. The van der Waals surface area contributed by atoms with E-state index in [9.17, 15) is 9.59 Å². The van der Waals surface area contributed by atoms with Crippen LogP contribution in [0.5, 0.6) is 0 Å². The average molecular weight is 362 g/mol. The standard InChI is InChI=1S/C19H27N3O2S/c1-5-7-16(23)20-19-21-22(17(24)8-6-2)18(25-19)15-11-9-14(10-12-15)13(3)4/h9-13,18H,5-8H2,1-4H3,(H,20,21,23). The fourth-order valence-corrected chi connectivity index (χ4v) is 3.64. The van der Waals surface area contributed by atoms with Gasteiger partial charge in [-0.25, -0.2) is 5.01 Å². The number of hydrogen-bond acceptors (Lipinski definition) is 4. The number of nitrogens with zero attached hydrogens (tertiary/aromatic N) is 2. The molecule has 2 rings (SSSR count). The van der Waals surface area contributed by atoms with Crippen LogP contribution >= 0.6 is 11.8 Å². The summed E-state index contributed by atoms with van der Waals surface area (Å²) >= 11 is 1.42. The Morgan fingerprint density at radius 3 is 2.36 bits per heavy atom. The van der Waals surface area contributed by atoms with Crippen LogP contribution in [0.2, 0.25) is 0 Å². The number of hydrazone groups is 1. The minimum absolute atomic E-state index is 0.0207. The van der Waals surface area contributed by atoms with Crippen molar-refractivity contribution in [1.29, 1.82) is 0 Å². The zero-order valence-corrected chi connectivity index (χ0v) is 16.2. The van der Waals surface area contributed by atoms with Gasteiger partial charge in [-0.05, 0) is 29.9 Å². The number of carbonyl (C=O) groups excluding carboxylic acids is 2. The van der Waals surface area contributed by atoms with Crippen LogP contribution in [0.15, 0.2) is 29.4 Å². The number of hydrogen-bond donors (Lipinski definition) is 1. The van der Waals surface area contributed by atoms with Gasteiger partial charge in [0.25, 0.3) is 0 Å². The van der Waals surface area contributed by atoms with Crippen LogP contribution < -0.4 is 5.32 Å². The quantitative estimate of drug-likeness (QED) is 0.818. The normalized spacial score (nSPS) is 16.9. The Hall–Kier alpha value is -1.82. The molecule has 0 aliphatic carbocycles. The summed E-state index contributed by atoms with van der Waals surface area (Å²) < 4.78 is 0. The maximum Gasteiger partial charge on any atom is 0.244 e. The van der Waals surface area contributed by atoms with Crippen molar-refractivity contribution < 1.29 is 9.59 Å². The lowest BCUT2D eigenvalue weighted by atomic mass is 10.0. The third kappa shape index (κ3) is 5.08. The molecule has 0 saturated heterocycles. The van der Waals surface area contributed by atoms with Gasteiger partial charge >= 0.3 is 0 Å². The zero-order chi connectivity index (χ0) is 18.4. The van der Waals surface area contributed by atoms with Crippen LogP contribution in [-0.4, -0.2) is 22.0 Å². The topological polar surface area (TPSA) is 61.8 Å².